The molecule has 3 aromatic heterocycles. The lowest BCUT2D eigenvalue weighted by Crippen LogP contribution is -2.45. The molecule has 2 aliphatic carbocycles. The lowest BCUT2D eigenvalue weighted by Gasteiger charge is -2.41. The molecule has 0 radical (unpaired) electrons. The summed E-state index contributed by atoms with van der Waals surface area (Å²) in [6, 6.07) is 1.31. The molecule has 2 bridgehead atoms. The maximum atomic E-state index is 13.0. The summed E-state index contributed by atoms with van der Waals surface area (Å²) < 4.78 is 39.5. The van der Waals surface area contributed by atoms with Gasteiger partial charge in [0.2, 0.25) is 11.7 Å². The van der Waals surface area contributed by atoms with Crippen LogP contribution in [0.5, 0.6) is 5.88 Å². The standard InChI is InChI=1S/C21H22F2N6O3/c1-20-9-21(10-20,11-32-20)14-7-28-6-13(16(30)25-15-4-5-29(27-15)18(22)23)17(26-19(28)24-14)31-8-12-2-3-12/h4-7,12,18H,2-3,8-11H2,1H3,(H,25,27,30). The summed E-state index contributed by atoms with van der Waals surface area (Å²) in [5.41, 5.74) is 0.893. The van der Waals surface area contributed by atoms with E-state index in [0.717, 1.165) is 37.6 Å². The molecule has 0 aromatic carbocycles. The Hall–Kier alpha value is -3.08. The topological polar surface area (TPSA) is 95.6 Å². The number of imidazole rings is 1. The average molecular weight is 444 g/mol. The number of amides is 1. The zero-order valence-corrected chi connectivity index (χ0v) is 17.4. The second-order valence-electron chi connectivity index (χ2n) is 9.33. The van der Waals surface area contributed by atoms with Gasteiger partial charge in [-0.05, 0) is 38.5 Å². The zero-order valence-electron chi connectivity index (χ0n) is 17.4. The van der Waals surface area contributed by atoms with Gasteiger partial charge in [-0.15, -0.1) is 0 Å². The normalized spacial score (nSPS) is 26.5. The van der Waals surface area contributed by atoms with Crippen molar-refractivity contribution in [1.82, 2.24) is 24.1 Å². The Kier molecular flexibility index (Phi) is 4.11. The summed E-state index contributed by atoms with van der Waals surface area (Å²) in [7, 11) is 0. The van der Waals surface area contributed by atoms with E-state index in [4.69, 9.17) is 14.5 Å². The number of nitrogens with one attached hydrogen (secondary N) is 1. The van der Waals surface area contributed by atoms with E-state index >= 15 is 0 Å². The minimum atomic E-state index is -2.78. The van der Waals surface area contributed by atoms with Crippen LogP contribution in [0.4, 0.5) is 14.6 Å². The molecule has 32 heavy (non-hydrogen) atoms. The SMILES string of the molecule is CC12CC(c3cn4cc(C(=O)Nc5ccn(C(F)F)n5)c(OCC5CC5)nc4n3)(CO1)C2. The summed E-state index contributed by atoms with van der Waals surface area (Å²) in [6.45, 7) is 0.410. The molecular weight excluding hydrogens is 422 g/mol. The summed E-state index contributed by atoms with van der Waals surface area (Å²) in [4.78, 5) is 22.2. The molecule has 168 valence electrons. The van der Waals surface area contributed by atoms with Crippen molar-refractivity contribution in [2.45, 2.75) is 50.2 Å². The quantitative estimate of drug-likeness (QED) is 0.601. The Morgan fingerprint density at radius 2 is 2.16 bits per heavy atom. The second kappa shape index (κ2) is 6.71. The van der Waals surface area contributed by atoms with Crippen LogP contribution < -0.4 is 10.1 Å². The molecule has 5 heterocycles. The Balaban J connectivity index is 1.32. The minimum Gasteiger partial charge on any atom is -0.477 e. The van der Waals surface area contributed by atoms with Gasteiger partial charge >= 0.3 is 6.55 Å². The molecule has 0 spiro atoms. The first-order valence-electron chi connectivity index (χ1n) is 10.6. The van der Waals surface area contributed by atoms with Crippen LogP contribution in [0.15, 0.2) is 24.7 Å². The number of halogens is 2. The van der Waals surface area contributed by atoms with E-state index in [9.17, 15) is 13.6 Å². The number of hydrogen-bond acceptors (Lipinski definition) is 6. The fourth-order valence-electron chi connectivity index (χ4n) is 4.76. The Morgan fingerprint density at radius 1 is 1.34 bits per heavy atom. The molecule has 11 heteroatoms. The van der Waals surface area contributed by atoms with Crippen LogP contribution >= 0.6 is 0 Å². The van der Waals surface area contributed by atoms with E-state index in [1.54, 1.807) is 10.6 Å². The van der Waals surface area contributed by atoms with Crippen molar-refractivity contribution in [3.05, 3.63) is 35.9 Å². The lowest BCUT2D eigenvalue weighted by molar-refractivity contribution is 0.0154. The Morgan fingerprint density at radius 3 is 2.81 bits per heavy atom. The highest BCUT2D eigenvalue weighted by molar-refractivity contribution is 6.05. The fraction of sp³-hybridized carbons (Fsp3) is 0.524. The third-order valence-corrected chi connectivity index (χ3v) is 6.53. The molecule has 7 rings (SSSR count). The van der Waals surface area contributed by atoms with Gasteiger partial charge in [-0.1, -0.05) is 0 Å². The van der Waals surface area contributed by atoms with Crippen LogP contribution in [0.25, 0.3) is 5.78 Å². The summed E-state index contributed by atoms with van der Waals surface area (Å²) in [5, 5.41) is 6.22. The van der Waals surface area contributed by atoms with Gasteiger partial charge in [-0.2, -0.15) is 18.9 Å². The predicted octanol–water partition coefficient (Wildman–Crippen LogP) is 3.18. The molecule has 4 fully saturated rings. The largest absolute Gasteiger partial charge is 0.477 e. The Bertz CT molecular complexity index is 1210. The van der Waals surface area contributed by atoms with Crippen LogP contribution in [0.2, 0.25) is 0 Å². The van der Waals surface area contributed by atoms with Crippen molar-refractivity contribution in [1.29, 1.82) is 0 Å². The van der Waals surface area contributed by atoms with Gasteiger partial charge in [0.05, 0.1) is 24.5 Å². The van der Waals surface area contributed by atoms with Crippen molar-refractivity contribution in [2.24, 2.45) is 5.92 Å². The molecule has 2 saturated heterocycles. The number of carbonyl (C=O) groups excluding carboxylic acids is 1. The smallest absolute Gasteiger partial charge is 0.333 e. The number of aromatic nitrogens is 5. The van der Waals surface area contributed by atoms with Crippen LogP contribution in [0, 0.1) is 5.92 Å². The Labute approximate surface area is 181 Å². The van der Waals surface area contributed by atoms with Crippen molar-refractivity contribution in [3.8, 4) is 5.88 Å². The van der Waals surface area contributed by atoms with Gasteiger partial charge in [-0.25, -0.2) is 9.67 Å². The highest BCUT2D eigenvalue weighted by Gasteiger charge is 2.61. The minimum absolute atomic E-state index is 0.0191. The first-order valence-corrected chi connectivity index (χ1v) is 10.6. The number of carbonyl (C=O) groups is 1. The third-order valence-electron chi connectivity index (χ3n) is 6.53. The zero-order chi connectivity index (χ0) is 22.1. The van der Waals surface area contributed by atoms with E-state index in [0.29, 0.717) is 29.6 Å². The van der Waals surface area contributed by atoms with Gasteiger partial charge in [-0.3, -0.25) is 9.20 Å². The average Bonchev–Trinajstić information content (AvgIpc) is 3.07. The monoisotopic (exact) mass is 444 g/mol. The van der Waals surface area contributed by atoms with Gasteiger partial charge in [0.25, 0.3) is 5.91 Å². The number of nitrogens with zero attached hydrogens (tertiary/aromatic N) is 5. The maximum absolute atomic E-state index is 13.0. The molecule has 2 aliphatic heterocycles. The van der Waals surface area contributed by atoms with Gasteiger partial charge < -0.3 is 14.8 Å². The number of anilines is 1. The number of fused-ring (bicyclic) bond motifs is 2. The van der Waals surface area contributed by atoms with E-state index in [2.05, 4.69) is 22.3 Å². The van der Waals surface area contributed by atoms with Gasteiger partial charge in [0, 0.05) is 30.1 Å². The molecule has 4 aliphatic rings. The molecule has 3 aromatic rings. The number of rotatable bonds is 7. The molecule has 0 unspecified atom stereocenters. The number of ether oxygens (including phenoxy) is 2. The van der Waals surface area contributed by atoms with Crippen molar-refractivity contribution >= 4 is 17.5 Å². The first-order chi connectivity index (χ1) is 15.3. The molecular formula is C21H22F2N6O3. The van der Waals surface area contributed by atoms with Crippen molar-refractivity contribution in [3.63, 3.8) is 0 Å². The summed E-state index contributed by atoms with van der Waals surface area (Å²) in [6.07, 6.45) is 8.59. The lowest BCUT2D eigenvalue weighted by atomic mass is 9.62. The van der Waals surface area contributed by atoms with E-state index in [1.165, 1.54) is 6.07 Å². The van der Waals surface area contributed by atoms with Gasteiger partial charge in [0.1, 0.15) is 5.56 Å². The molecule has 0 atom stereocenters. The summed E-state index contributed by atoms with van der Waals surface area (Å²) >= 11 is 0. The number of alkyl halides is 2. The van der Waals surface area contributed by atoms with E-state index < -0.39 is 12.5 Å². The van der Waals surface area contributed by atoms with Crippen LogP contribution in [-0.4, -0.2) is 48.9 Å². The second-order valence-corrected chi connectivity index (χ2v) is 9.33. The predicted molar refractivity (Wildman–Crippen MR) is 108 cm³/mol. The number of hydrogen-bond donors (Lipinski definition) is 1. The molecule has 2 saturated carbocycles. The van der Waals surface area contributed by atoms with Crippen molar-refractivity contribution < 1.29 is 23.0 Å². The maximum Gasteiger partial charge on any atom is 0.333 e. The highest BCUT2D eigenvalue weighted by atomic mass is 19.3. The third kappa shape index (κ3) is 3.22. The van der Waals surface area contributed by atoms with E-state index in [-0.39, 0.29) is 28.3 Å². The highest BCUT2D eigenvalue weighted by Crippen LogP contribution is 2.58. The fourth-order valence-corrected chi connectivity index (χ4v) is 4.76. The van der Waals surface area contributed by atoms with Crippen LogP contribution in [-0.2, 0) is 10.2 Å². The molecule has 1 N–H and O–H groups in total. The molecule has 1 amide bonds. The van der Waals surface area contributed by atoms with Crippen molar-refractivity contribution in [2.75, 3.05) is 18.5 Å². The molecule has 9 nitrogen and oxygen atoms in total. The van der Waals surface area contributed by atoms with E-state index in [1.807, 2.05) is 6.20 Å². The first kappa shape index (κ1) is 19.6. The van der Waals surface area contributed by atoms with Crippen LogP contribution in [0.3, 0.4) is 0 Å². The van der Waals surface area contributed by atoms with Gasteiger partial charge in [0.15, 0.2) is 5.82 Å². The van der Waals surface area contributed by atoms with Crippen LogP contribution in [0.1, 0.15) is 55.2 Å². The summed E-state index contributed by atoms with van der Waals surface area (Å²) in [5.74, 6) is 0.553.